The summed E-state index contributed by atoms with van der Waals surface area (Å²) in [5.41, 5.74) is -0.0543. The highest BCUT2D eigenvalue weighted by molar-refractivity contribution is 6.31. The number of rotatable bonds is 4. The topological polar surface area (TPSA) is 78.5 Å². The SMILES string of the molecule is CC(NC(=O)CN1C(=O)NC2(CCCCC2C)C1=O)c1ccccc1Cl. The third-order valence-corrected chi connectivity index (χ3v) is 5.90. The summed E-state index contributed by atoms with van der Waals surface area (Å²) in [6.07, 6.45) is 3.49. The van der Waals surface area contributed by atoms with Gasteiger partial charge in [0.2, 0.25) is 5.91 Å². The molecule has 1 saturated carbocycles. The molecule has 2 aliphatic rings. The van der Waals surface area contributed by atoms with Gasteiger partial charge in [0.15, 0.2) is 0 Å². The third-order valence-electron chi connectivity index (χ3n) is 5.55. The minimum atomic E-state index is -0.843. The van der Waals surface area contributed by atoms with E-state index in [0.29, 0.717) is 11.4 Å². The maximum atomic E-state index is 12.9. The van der Waals surface area contributed by atoms with Crippen LogP contribution in [0.2, 0.25) is 5.02 Å². The van der Waals surface area contributed by atoms with Gasteiger partial charge in [-0.3, -0.25) is 14.5 Å². The van der Waals surface area contributed by atoms with E-state index in [4.69, 9.17) is 11.6 Å². The Kier molecular flexibility index (Phi) is 5.23. The van der Waals surface area contributed by atoms with E-state index < -0.39 is 11.6 Å². The van der Waals surface area contributed by atoms with Crippen molar-refractivity contribution in [1.29, 1.82) is 0 Å². The van der Waals surface area contributed by atoms with Crippen LogP contribution < -0.4 is 10.6 Å². The summed E-state index contributed by atoms with van der Waals surface area (Å²) in [6, 6.07) is 6.45. The van der Waals surface area contributed by atoms with Gasteiger partial charge in [0.05, 0.1) is 6.04 Å². The van der Waals surface area contributed by atoms with Crippen LogP contribution in [0.3, 0.4) is 0 Å². The fourth-order valence-corrected chi connectivity index (χ4v) is 4.27. The molecule has 26 heavy (non-hydrogen) atoms. The van der Waals surface area contributed by atoms with Crippen LogP contribution in [0, 0.1) is 5.92 Å². The summed E-state index contributed by atoms with van der Waals surface area (Å²) < 4.78 is 0. The van der Waals surface area contributed by atoms with Crippen LogP contribution in [0.1, 0.15) is 51.1 Å². The van der Waals surface area contributed by atoms with Gasteiger partial charge in [-0.1, -0.05) is 49.6 Å². The van der Waals surface area contributed by atoms with Crippen LogP contribution in [-0.2, 0) is 9.59 Å². The molecule has 2 N–H and O–H groups in total. The fourth-order valence-electron chi connectivity index (χ4n) is 3.97. The molecule has 3 atom stereocenters. The van der Waals surface area contributed by atoms with Gasteiger partial charge in [-0.25, -0.2) is 4.79 Å². The van der Waals surface area contributed by atoms with Crippen molar-refractivity contribution in [3.8, 4) is 0 Å². The minimum absolute atomic E-state index is 0.0720. The number of carbonyl (C=O) groups is 3. The molecule has 3 unspecified atom stereocenters. The number of halogens is 1. The molecule has 4 amide bonds. The Morgan fingerprint density at radius 1 is 1.38 bits per heavy atom. The molecular formula is C19H24ClN3O3. The number of benzene rings is 1. The van der Waals surface area contributed by atoms with Crippen LogP contribution in [0.4, 0.5) is 4.79 Å². The van der Waals surface area contributed by atoms with Gasteiger partial charge in [-0.05, 0) is 37.3 Å². The van der Waals surface area contributed by atoms with Crippen molar-refractivity contribution in [2.24, 2.45) is 5.92 Å². The zero-order valence-corrected chi connectivity index (χ0v) is 15.8. The number of amides is 4. The summed E-state index contributed by atoms with van der Waals surface area (Å²) >= 11 is 6.15. The van der Waals surface area contributed by atoms with Gasteiger partial charge < -0.3 is 10.6 Å². The lowest BCUT2D eigenvalue weighted by molar-refractivity contribution is -0.137. The molecule has 140 valence electrons. The van der Waals surface area contributed by atoms with E-state index >= 15 is 0 Å². The second-order valence-electron chi connectivity index (χ2n) is 7.25. The van der Waals surface area contributed by atoms with Crippen molar-refractivity contribution in [1.82, 2.24) is 15.5 Å². The summed E-state index contributed by atoms with van der Waals surface area (Å²) in [4.78, 5) is 38.7. The molecule has 1 aromatic rings. The average molecular weight is 378 g/mol. The molecule has 3 rings (SSSR count). The lowest BCUT2D eigenvalue weighted by Crippen LogP contribution is -2.54. The number of carbonyl (C=O) groups excluding carboxylic acids is 3. The van der Waals surface area contributed by atoms with Gasteiger partial charge in [-0.15, -0.1) is 0 Å². The quantitative estimate of drug-likeness (QED) is 0.791. The molecule has 1 aliphatic carbocycles. The molecule has 1 heterocycles. The first-order chi connectivity index (χ1) is 12.3. The van der Waals surface area contributed by atoms with Crippen LogP contribution in [-0.4, -0.2) is 34.8 Å². The van der Waals surface area contributed by atoms with Crippen LogP contribution >= 0.6 is 11.6 Å². The van der Waals surface area contributed by atoms with E-state index in [2.05, 4.69) is 10.6 Å². The number of hydrogen-bond acceptors (Lipinski definition) is 3. The van der Waals surface area contributed by atoms with E-state index in [-0.39, 0.29) is 30.3 Å². The zero-order chi connectivity index (χ0) is 18.9. The molecule has 0 bridgehead atoms. The van der Waals surface area contributed by atoms with Crippen LogP contribution in [0.25, 0.3) is 0 Å². The first-order valence-corrected chi connectivity index (χ1v) is 9.41. The predicted molar refractivity (Wildman–Crippen MR) is 98.6 cm³/mol. The molecule has 1 aliphatic heterocycles. The minimum Gasteiger partial charge on any atom is -0.348 e. The molecule has 1 aromatic carbocycles. The first-order valence-electron chi connectivity index (χ1n) is 9.03. The van der Waals surface area contributed by atoms with Crippen molar-refractivity contribution in [2.45, 2.75) is 51.1 Å². The van der Waals surface area contributed by atoms with Crippen molar-refractivity contribution < 1.29 is 14.4 Å². The van der Waals surface area contributed by atoms with E-state index in [9.17, 15) is 14.4 Å². The normalized spacial score (nSPS) is 26.7. The number of hydrogen-bond donors (Lipinski definition) is 2. The predicted octanol–water partition coefficient (Wildman–Crippen LogP) is 3.02. The summed E-state index contributed by atoms with van der Waals surface area (Å²) in [5.74, 6) is -0.598. The lowest BCUT2D eigenvalue weighted by atomic mass is 9.73. The number of nitrogens with zero attached hydrogens (tertiary/aromatic N) is 1. The highest BCUT2D eigenvalue weighted by Crippen LogP contribution is 2.38. The van der Waals surface area contributed by atoms with Gasteiger partial charge >= 0.3 is 6.03 Å². The number of urea groups is 1. The van der Waals surface area contributed by atoms with Crippen LogP contribution in [0.15, 0.2) is 24.3 Å². The molecule has 0 aromatic heterocycles. The number of nitrogens with one attached hydrogen (secondary N) is 2. The average Bonchev–Trinajstić information content (AvgIpc) is 2.83. The largest absolute Gasteiger partial charge is 0.348 e. The fraction of sp³-hybridized carbons (Fsp3) is 0.526. The van der Waals surface area contributed by atoms with Gasteiger partial charge in [0.1, 0.15) is 12.1 Å². The van der Waals surface area contributed by atoms with E-state index in [1.165, 1.54) is 0 Å². The Labute approximate surface area is 158 Å². The lowest BCUT2D eigenvalue weighted by Gasteiger charge is -2.36. The molecular weight excluding hydrogens is 354 g/mol. The van der Waals surface area contributed by atoms with Crippen molar-refractivity contribution >= 4 is 29.4 Å². The maximum absolute atomic E-state index is 12.9. The van der Waals surface area contributed by atoms with Crippen LogP contribution in [0.5, 0.6) is 0 Å². The highest BCUT2D eigenvalue weighted by atomic mass is 35.5. The molecule has 0 radical (unpaired) electrons. The Hall–Kier alpha value is -2.08. The first kappa shape index (κ1) is 18.7. The van der Waals surface area contributed by atoms with Gasteiger partial charge in [-0.2, -0.15) is 0 Å². The molecule has 7 heteroatoms. The summed E-state index contributed by atoms with van der Waals surface area (Å²) in [5, 5.41) is 6.23. The third kappa shape index (κ3) is 3.30. The van der Waals surface area contributed by atoms with Gasteiger partial charge in [0, 0.05) is 5.02 Å². The molecule has 1 spiro atoms. The Balaban J connectivity index is 1.67. The second-order valence-corrected chi connectivity index (χ2v) is 7.66. The molecule has 1 saturated heterocycles. The Morgan fingerprint density at radius 3 is 2.81 bits per heavy atom. The maximum Gasteiger partial charge on any atom is 0.325 e. The van der Waals surface area contributed by atoms with E-state index in [1.54, 1.807) is 6.07 Å². The molecule has 6 nitrogen and oxygen atoms in total. The van der Waals surface area contributed by atoms with E-state index in [1.807, 2.05) is 32.0 Å². The van der Waals surface area contributed by atoms with Crippen molar-refractivity contribution in [3.05, 3.63) is 34.9 Å². The standard InChI is InChI=1S/C19H24ClN3O3/c1-12-7-5-6-10-19(12)17(25)23(18(26)22-19)11-16(24)21-13(2)14-8-3-4-9-15(14)20/h3-4,8-9,12-13H,5-7,10-11H2,1-2H3,(H,21,24)(H,22,26). The van der Waals surface area contributed by atoms with Gasteiger partial charge in [0.25, 0.3) is 5.91 Å². The zero-order valence-electron chi connectivity index (χ0n) is 15.0. The van der Waals surface area contributed by atoms with Crippen molar-refractivity contribution in [2.75, 3.05) is 6.54 Å². The second kappa shape index (κ2) is 7.27. The monoisotopic (exact) mass is 377 g/mol. The van der Waals surface area contributed by atoms with Crippen molar-refractivity contribution in [3.63, 3.8) is 0 Å². The summed E-state index contributed by atoms with van der Waals surface area (Å²) in [7, 11) is 0. The smallest absolute Gasteiger partial charge is 0.325 e. The summed E-state index contributed by atoms with van der Waals surface area (Å²) in [6.45, 7) is 3.52. The highest BCUT2D eigenvalue weighted by Gasteiger charge is 2.55. The van der Waals surface area contributed by atoms with E-state index in [0.717, 1.165) is 29.7 Å². The number of imide groups is 1. The molecule has 2 fully saturated rings. The Morgan fingerprint density at radius 2 is 2.12 bits per heavy atom. The Bertz CT molecular complexity index is 738.